The lowest BCUT2D eigenvalue weighted by atomic mass is 9.86. The molecule has 0 saturated carbocycles. The third-order valence-electron chi connectivity index (χ3n) is 6.87. The fourth-order valence-electron chi connectivity index (χ4n) is 5.16. The number of fused-ring (bicyclic) bond motifs is 2. The van der Waals surface area contributed by atoms with Crippen molar-refractivity contribution < 1.29 is 44.9 Å². The number of rotatable bonds is 4. The number of phenols is 4. The zero-order chi connectivity index (χ0) is 25.0. The van der Waals surface area contributed by atoms with Gasteiger partial charge < -0.3 is 40.1 Å². The smallest absolute Gasteiger partial charge is 0.202 e. The van der Waals surface area contributed by atoms with E-state index in [9.17, 15) is 35.4 Å². The molecule has 0 spiro atoms. The minimum Gasteiger partial charge on any atom is -0.508 e. The number of aliphatic hydroxyl groups excluding tert-OH is 2. The number of ketones is 1. The summed E-state index contributed by atoms with van der Waals surface area (Å²) in [5, 5.41) is 61.6. The van der Waals surface area contributed by atoms with E-state index in [0.29, 0.717) is 28.9 Å². The van der Waals surface area contributed by atoms with E-state index >= 15 is 0 Å². The topological polar surface area (TPSA) is 157 Å². The van der Waals surface area contributed by atoms with Gasteiger partial charge in [0, 0.05) is 18.1 Å². The summed E-state index contributed by atoms with van der Waals surface area (Å²) in [7, 11) is 1.44. The van der Waals surface area contributed by atoms with E-state index in [-0.39, 0.29) is 41.1 Å². The Labute approximate surface area is 200 Å². The van der Waals surface area contributed by atoms with Crippen LogP contribution in [0.1, 0.15) is 50.6 Å². The number of aromatic hydroxyl groups is 4. The first-order chi connectivity index (χ1) is 16.7. The molecule has 0 fully saturated rings. The fraction of sp³-hybridized carbons (Fsp3) is 0.269. The van der Waals surface area contributed by atoms with Gasteiger partial charge in [-0.2, -0.15) is 0 Å². The normalized spacial score (nSPS) is 22.9. The second-order valence-corrected chi connectivity index (χ2v) is 8.82. The number of benzene rings is 3. The van der Waals surface area contributed by atoms with Crippen molar-refractivity contribution in [3.8, 4) is 34.5 Å². The highest BCUT2D eigenvalue weighted by Gasteiger charge is 2.41. The van der Waals surface area contributed by atoms with E-state index < -0.39 is 29.7 Å². The molecule has 9 nitrogen and oxygen atoms in total. The maximum atomic E-state index is 12.8. The predicted molar refractivity (Wildman–Crippen MR) is 123 cm³/mol. The molecule has 0 saturated heterocycles. The molecule has 3 aromatic rings. The van der Waals surface area contributed by atoms with Crippen LogP contribution in [0.5, 0.6) is 34.5 Å². The quantitative estimate of drug-likeness (QED) is 0.330. The number of carbonyl (C=O) groups is 1. The summed E-state index contributed by atoms with van der Waals surface area (Å²) in [5.41, 5.74) is 2.15. The molecule has 1 aliphatic heterocycles. The van der Waals surface area contributed by atoms with Crippen molar-refractivity contribution in [1.82, 2.24) is 0 Å². The van der Waals surface area contributed by atoms with E-state index in [1.807, 2.05) is 0 Å². The van der Waals surface area contributed by atoms with Gasteiger partial charge in [0.1, 0.15) is 28.6 Å². The maximum Gasteiger partial charge on any atom is 0.202 e. The summed E-state index contributed by atoms with van der Waals surface area (Å²) in [4.78, 5) is 12.8. The lowest BCUT2D eigenvalue weighted by Crippen LogP contribution is -2.36. The highest BCUT2D eigenvalue weighted by atomic mass is 16.5. The van der Waals surface area contributed by atoms with Gasteiger partial charge in [-0.15, -0.1) is 0 Å². The Morgan fingerprint density at radius 1 is 0.971 bits per heavy atom. The zero-order valence-corrected chi connectivity index (χ0v) is 18.7. The number of hydrogen-bond donors (Lipinski definition) is 6. The van der Waals surface area contributed by atoms with Crippen molar-refractivity contribution in [2.75, 3.05) is 13.7 Å². The molecular formula is C26H24O9. The third-order valence-corrected chi connectivity index (χ3v) is 6.87. The second-order valence-electron chi connectivity index (χ2n) is 8.82. The van der Waals surface area contributed by atoms with Gasteiger partial charge >= 0.3 is 0 Å². The molecule has 182 valence electrons. The van der Waals surface area contributed by atoms with E-state index in [1.54, 1.807) is 18.2 Å². The summed E-state index contributed by atoms with van der Waals surface area (Å²) >= 11 is 0. The third kappa shape index (κ3) is 3.60. The number of aliphatic hydroxyl groups is 2. The zero-order valence-electron chi connectivity index (χ0n) is 18.7. The van der Waals surface area contributed by atoms with Crippen LogP contribution in [-0.2, 0) is 6.42 Å². The van der Waals surface area contributed by atoms with Crippen molar-refractivity contribution >= 4 is 5.78 Å². The molecule has 2 aliphatic rings. The van der Waals surface area contributed by atoms with Crippen molar-refractivity contribution in [2.24, 2.45) is 0 Å². The second kappa shape index (κ2) is 8.37. The van der Waals surface area contributed by atoms with E-state index in [2.05, 4.69) is 0 Å². The predicted octanol–water partition coefficient (Wildman–Crippen LogP) is 2.61. The Kier molecular flexibility index (Phi) is 5.46. The van der Waals surface area contributed by atoms with Gasteiger partial charge in [0.05, 0.1) is 13.7 Å². The van der Waals surface area contributed by atoms with Crippen LogP contribution in [-0.4, -0.2) is 56.2 Å². The molecule has 35 heavy (non-hydrogen) atoms. The molecule has 4 atom stereocenters. The largest absolute Gasteiger partial charge is 0.508 e. The van der Waals surface area contributed by atoms with Gasteiger partial charge in [0.15, 0.2) is 23.7 Å². The van der Waals surface area contributed by atoms with E-state index in [1.165, 1.54) is 25.3 Å². The Morgan fingerprint density at radius 3 is 2.46 bits per heavy atom. The minimum absolute atomic E-state index is 0.0112. The highest BCUT2D eigenvalue weighted by molar-refractivity contribution is 6.05. The molecular weight excluding hydrogens is 456 g/mol. The number of Topliss-reactive ketones (excluding diaryl/α,β-unsaturated/α-hetero) is 1. The van der Waals surface area contributed by atoms with Crippen LogP contribution in [0.3, 0.4) is 0 Å². The van der Waals surface area contributed by atoms with E-state index in [0.717, 1.165) is 11.6 Å². The van der Waals surface area contributed by atoms with Crippen molar-refractivity contribution in [1.29, 1.82) is 0 Å². The number of hydrogen-bond acceptors (Lipinski definition) is 9. The van der Waals surface area contributed by atoms with Crippen LogP contribution in [0.15, 0.2) is 42.5 Å². The first-order valence-electron chi connectivity index (χ1n) is 11.0. The van der Waals surface area contributed by atoms with Crippen LogP contribution in [0, 0.1) is 0 Å². The molecule has 0 unspecified atom stereocenters. The van der Waals surface area contributed by atoms with Crippen molar-refractivity contribution in [3.63, 3.8) is 0 Å². The molecule has 6 N–H and O–H groups in total. The van der Waals surface area contributed by atoms with Crippen LogP contribution in [0.2, 0.25) is 0 Å². The first-order valence-corrected chi connectivity index (χ1v) is 11.0. The van der Waals surface area contributed by atoms with Gasteiger partial charge in [-0.05, 0) is 52.8 Å². The molecule has 9 heteroatoms. The van der Waals surface area contributed by atoms with Crippen molar-refractivity contribution in [3.05, 3.63) is 70.3 Å². The minimum atomic E-state index is -1.67. The standard InChI is InChI=1S/C26H24O9/c1-34-21-6-11(2-3-18(21)29)14-9-16-15(17(14)10-27)4-12(5-19(16)30)26-25(33)24(32)23-20(31)7-13(28)8-22(23)35-26/h2-8,14,17,25-31,33H,9-10H2,1H3/t14-,17-,25-,26+/m0/s1. The molecule has 1 aliphatic carbocycles. The van der Waals surface area contributed by atoms with Gasteiger partial charge in [-0.3, -0.25) is 4.79 Å². The lowest BCUT2D eigenvalue weighted by Gasteiger charge is -2.30. The molecule has 1 heterocycles. The Balaban J connectivity index is 1.54. The Hall–Kier alpha value is -3.95. The summed E-state index contributed by atoms with van der Waals surface area (Å²) in [6, 6.07) is 10.2. The number of phenolic OH excluding ortho intramolecular Hbond substituents is 4. The van der Waals surface area contributed by atoms with Crippen LogP contribution >= 0.6 is 0 Å². The average molecular weight is 480 g/mol. The molecule has 0 radical (unpaired) electrons. The van der Waals surface area contributed by atoms with Gasteiger partial charge in [-0.1, -0.05) is 12.1 Å². The maximum absolute atomic E-state index is 12.8. The molecule has 0 aromatic heterocycles. The van der Waals surface area contributed by atoms with Gasteiger partial charge in [0.2, 0.25) is 5.78 Å². The lowest BCUT2D eigenvalue weighted by molar-refractivity contribution is 0.0209. The average Bonchev–Trinajstić information content (AvgIpc) is 3.20. The fourth-order valence-corrected chi connectivity index (χ4v) is 5.16. The number of ether oxygens (including phenoxy) is 2. The molecule has 5 rings (SSSR count). The summed E-state index contributed by atoms with van der Waals surface area (Å²) in [5.74, 6) is -2.11. The molecule has 3 aromatic carbocycles. The molecule has 0 amide bonds. The Morgan fingerprint density at radius 2 is 1.74 bits per heavy atom. The summed E-state index contributed by atoms with van der Waals surface area (Å²) < 4.78 is 11.0. The van der Waals surface area contributed by atoms with Crippen LogP contribution in [0.25, 0.3) is 0 Å². The van der Waals surface area contributed by atoms with Gasteiger partial charge in [0.25, 0.3) is 0 Å². The van der Waals surface area contributed by atoms with Gasteiger partial charge in [-0.25, -0.2) is 0 Å². The Bertz CT molecular complexity index is 1330. The van der Waals surface area contributed by atoms with E-state index in [4.69, 9.17) is 9.47 Å². The van der Waals surface area contributed by atoms with Crippen LogP contribution < -0.4 is 9.47 Å². The summed E-state index contributed by atoms with van der Waals surface area (Å²) in [6.45, 7) is -0.235. The summed E-state index contributed by atoms with van der Waals surface area (Å²) in [6.07, 6.45) is -2.46. The molecule has 0 bridgehead atoms. The monoisotopic (exact) mass is 480 g/mol. The van der Waals surface area contributed by atoms with Crippen LogP contribution in [0.4, 0.5) is 0 Å². The van der Waals surface area contributed by atoms with Crippen molar-refractivity contribution in [2.45, 2.75) is 30.5 Å². The number of carbonyl (C=O) groups excluding carboxylic acids is 1. The highest BCUT2D eigenvalue weighted by Crippen LogP contribution is 2.50. The SMILES string of the molecule is COc1cc([C@@H]2Cc3c(O)cc([C@H]4Oc5cc(O)cc(O)c5C(=O)[C@@H]4O)cc3[C@H]2CO)ccc1O. The first kappa shape index (κ1) is 22.8. The number of methoxy groups -OCH3 is 1.